The Morgan fingerprint density at radius 3 is 2.67 bits per heavy atom. The Hall–Kier alpha value is -1.43. The van der Waals surface area contributed by atoms with Crippen LogP contribution in [0.25, 0.3) is 0 Å². The molecule has 0 aliphatic carbocycles. The summed E-state index contributed by atoms with van der Waals surface area (Å²) in [5.41, 5.74) is 1.08. The van der Waals surface area contributed by atoms with E-state index in [0.29, 0.717) is 11.7 Å². The number of nitrogens with one attached hydrogen (secondary N) is 1. The van der Waals surface area contributed by atoms with Crippen molar-refractivity contribution in [3.05, 3.63) is 47.1 Å². The van der Waals surface area contributed by atoms with Gasteiger partial charge in [0.15, 0.2) is 5.82 Å². The van der Waals surface area contributed by atoms with Crippen molar-refractivity contribution < 1.29 is 9.26 Å². The number of benzene rings is 1. The fourth-order valence-corrected chi connectivity index (χ4v) is 2.68. The molecule has 3 rings (SSSR count). The molecule has 1 fully saturated rings. The average Bonchev–Trinajstić information content (AvgIpc) is 3.04. The summed E-state index contributed by atoms with van der Waals surface area (Å²) in [4.78, 5) is 4.18. The Morgan fingerprint density at radius 1 is 1.24 bits per heavy atom. The van der Waals surface area contributed by atoms with Crippen molar-refractivity contribution in [1.82, 2.24) is 15.5 Å². The van der Waals surface area contributed by atoms with Gasteiger partial charge in [0.1, 0.15) is 0 Å². The van der Waals surface area contributed by atoms with Gasteiger partial charge in [0.05, 0.1) is 6.04 Å². The van der Waals surface area contributed by atoms with Gasteiger partial charge in [0.25, 0.3) is 0 Å². The van der Waals surface area contributed by atoms with E-state index >= 15 is 0 Å². The molecule has 1 aliphatic heterocycles. The van der Waals surface area contributed by atoms with Crippen molar-refractivity contribution in [1.29, 1.82) is 0 Å². The van der Waals surface area contributed by atoms with Crippen LogP contribution >= 0.6 is 11.6 Å². The molecule has 21 heavy (non-hydrogen) atoms. The lowest BCUT2D eigenvalue weighted by molar-refractivity contribution is 0.0657. The summed E-state index contributed by atoms with van der Waals surface area (Å²) in [5.74, 6) is 1.27. The zero-order valence-corrected chi connectivity index (χ0v) is 12.4. The number of hydrogen-bond acceptors (Lipinski definition) is 5. The monoisotopic (exact) mass is 307 g/mol. The zero-order valence-electron chi connectivity index (χ0n) is 11.7. The maximum atomic E-state index is 5.96. The molecule has 0 saturated carbocycles. The lowest BCUT2D eigenvalue weighted by Gasteiger charge is -2.24. The van der Waals surface area contributed by atoms with Gasteiger partial charge in [-0.05, 0) is 43.0 Å². The Balaban J connectivity index is 1.71. The third kappa shape index (κ3) is 3.81. The molecule has 1 N–H and O–H groups in total. The van der Waals surface area contributed by atoms with E-state index in [2.05, 4.69) is 15.5 Å². The van der Waals surface area contributed by atoms with Crippen molar-refractivity contribution in [2.24, 2.45) is 5.92 Å². The Labute approximate surface area is 128 Å². The second-order valence-electron chi connectivity index (χ2n) is 5.24. The highest BCUT2D eigenvalue weighted by Crippen LogP contribution is 2.22. The summed E-state index contributed by atoms with van der Waals surface area (Å²) in [6.45, 7) is 2.60. The van der Waals surface area contributed by atoms with E-state index in [0.717, 1.165) is 43.2 Å². The van der Waals surface area contributed by atoms with Gasteiger partial charge in [-0.15, -0.1) is 0 Å². The molecular weight excluding hydrogens is 290 g/mol. The fourth-order valence-electron chi connectivity index (χ4n) is 2.55. The van der Waals surface area contributed by atoms with Gasteiger partial charge in [0, 0.05) is 18.2 Å². The highest BCUT2D eigenvalue weighted by Gasteiger charge is 2.21. The van der Waals surface area contributed by atoms with E-state index in [1.807, 2.05) is 24.3 Å². The van der Waals surface area contributed by atoms with Crippen LogP contribution in [0.3, 0.4) is 0 Å². The minimum Gasteiger partial charge on any atom is -0.381 e. The predicted octanol–water partition coefficient (Wildman–Crippen LogP) is 2.83. The molecule has 1 atom stereocenters. The van der Waals surface area contributed by atoms with Gasteiger partial charge in [-0.1, -0.05) is 28.9 Å². The molecule has 0 unspecified atom stereocenters. The first-order chi connectivity index (χ1) is 10.3. The van der Waals surface area contributed by atoms with E-state index in [1.165, 1.54) is 6.39 Å². The van der Waals surface area contributed by atoms with Crippen LogP contribution in [0.4, 0.5) is 0 Å². The Morgan fingerprint density at radius 2 is 2.00 bits per heavy atom. The molecule has 5 nitrogen and oxygen atoms in total. The normalized spacial score (nSPS) is 17.8. The predicted molar refractivity (Wildman–Crippen MR) is 79.1 cm³/mol. The molecule has 0 radical (unpaired) electrons. The van der Waals surface area contributed by atoms with Crippen LogP contribution in [-0.2, 0) is 4.74 Å². The highest BCUT2D eigenvalue weighted by atomic mass is 35.5. The molecule has 1 aromatic carbocycles. The van der Waals surface area contributed by atoms with Crippen molar-refractivity contribution >= 4 is 11.6 Å². The van der Waals surface area contributed by atoms with Gasteiger partial charge >= 0.3 is 0 Å². The van der Waals surface area contributed by atoms with E-state index < -0.39 is 0 Å². The molecule has 0 spiro atoms. The van der Waals surface area contributed by atoms with E-state index in [9.17, 15) is 0 Å². The van der Waals surface area contributed by atoms with Crippen LogP contribution < -0.4 is 5.32 Å². The number of ether oxygens (including phenoxy) is 1. The minimum absolute atomic E-state index is 0.0798. The average molecular weight is 308 g/mol. The summed E-state index contributed by atoms with van der Waals surface area (Å²) in [5, 5.41) is 8.23. The van der Waals surface area contributed by atoms with Gasteiger partial charge in [-0.3, -0.25) is 0 Å². The van der Waals surface area contributed by atoms with Crippen LogP contribution in [0.2, 0.25) is 5.02 Å². The lowest BCUT2D eigenvalue weighted by Crippen LogP contribution is -2.31. The van der Waals surface area contributed by atoms with Crippen LogP contribution in [-0.4, -0.2) is 29.9 Å². The third-order valence-corrected chi connectivity index (χ3v) is 4.04. The molecular formula is C15H18ClN3O2. The van der Waals surface area contributed by atoms with Gasteiger partial charge in [0.2, 0.25) is 6.39 Å². The van der Waals surface area contributed by atoms with Crippen molar-refractivity contribution in [2.45, 2.75) is 18.9 Å². The van der Waals surface area contributed by atoms with E-state index in [4.69, 9.17) is 20.9 Å². The Kier molecular flexibility index (Phi) is 4.85. The number of hydrogen-bond donors (Lipinski definition) is 1. The third-order valence-electron chi connectivity index (χ3n) is 3.79. The van der Waals surface area contributed by atoms with Crippen molar-refractivity contribution in [3.63, 3.8) is 0 Å². The van der Waals surface area contributed by atoms with E-state index in [-0.39, 0.29) is 6.04 Å². The number of nitrogens with zero attached hydrogens (tertiary/aromatic N) is 2. The molecule has 6 heteroatoms. The molecule has 112 valence electrons. The van der Waals surface area contributed by atoms with Gasteiger partial charge in [-0.25, -0.2) is 0 Å². The quantitative estimate of drug-likeness (QED) is 0.920. The summed E-state index contributed by atoms with van der Waals surface area (Å²) in [6, 6.07) is 7.64. The summed E-state index contributed by atoms with van der Waals surface area (Å²) >= 11 is 5.96. The van der Waals surface area contributed by atoms with Crippen LogP contribution in [0.15, 0.2) is 35.2 Å². The second kappa shape index (κ2) is 7.02. The first-order valence-electron chi connectivity index (χ1n) is 7.16. The van der Waals surface area contributed by atoms with Gasteiger partial charge < -0.3 is 14.6 Å². The topological polar surface area (TPSA) is 60.2 Å². The maximum absolute atomic E-state index is 5.96. The van der Waals surface area contributed by atoms with Crippen molar-refractivity contribution in [3.8, 4) is 0 Å². The van der Waals surface area contributed by atoms with Crippen LogP contribution in [0, 0.1) is 5.92 Å². The molecule has 2 aromatic rings. The van der Waals surface area contributed by atoms with Gasteiger partial charge in [-0.2, -0.15) is 4.98 Å². The van der Waals surface area contributed by atoms with E-state index in [1.54, 1.807) is 0 Å². The summed E-state index contributed by atoms with van der Waals surface area (Å²) in [6.07, 6.45) is 3.54. The largest absolute Gasteiger partial charge is 0.381 e. The smallest absolute Gasteiger partial charge is 0.213 e. The maximum Gasteiger partial charge on any atom is 0.213 e. The molecule has 1 aromatic heterocycles. The SMILES string of the molecule is Clc1ccc([C@@H](NCC2CCOCC2)c2ncon2)cc1. The molecule has 1 saturated heterocycles. The first-order valence-corrected chi connectivity index (χ1v) is 7.53. The Bertz CT molecular complexity index is 539. The molecule has 0 amide bonds. The standard InChI is InChI=1S/C15H18ClN3O2/c16-13-3-1-12(2-4-13)14(15-18-10-21-19-15)17-9-11-5-7-20-8-6-11/h1-4,10-11,14,17H,5-9H2/t14-/m1/s1. The molecule has 1 aliphatic rings. The summed E-state index contributed by atoms with van der Waals surface area (Å²) < 4.78 is 10.3. The number of halogens is 1. The highest BCUT2D eigenvalue weighted by molar-refractivity contribution is 6.30. The number of aromatic nitrogens is 2. The number of rotatable bonds is 5. The van der Waals surface area contributed by atoms with Crippen LogP contribution in [0.1, 0.15) is 30.3 Å². The van der Waals surface area contributed by atoms with Crippen molar-refractivity contribution in [2.75, 3.05) is 19.8 Å². The first kappa shape index (κ1) is 14.5. The van der Waals surface area contributed by atoms with Crippen LogP contribution in [0.5, 0.6) is 0 Å². The zero-order chi connectivity index (χ0) is 14.5. The lowest BCUT2D eigenvalue weighted by atomic mass is 9.99. The fraction of sp³-hybridized carbons (Fsp3) is 0.467. The molecule has 0 bridgehead atoms. The summed E-state index contributed by atoms with van der Waals surface area (Å²) in [7, 11) is 0. The minimum atomic E-state index is -0.0798. The molecule has 2 heterocycles. The second-order valence-corrected chi connectivity index (χ2v) is 5.67.